The van der Waals surface area contributed by atoms with E-state index < -0.39 is 0 Å². The molecule has 2 aromatic carbocycles. The van der Waals surface area contributed by atoms with Gasteiger partial charge in [-0.05, 0) is 31.5 Å². The van der Waals surface area contributed by atoms with E-state index in [1.54, 1.807) is 0 Å². The number of benzene rings is 2. The monoisotopic (exact) mass is 376 g/mol. The van der Waals surface area contributed by atoms with Gasteiger partial charge in [-0.15, -0.1) is 0 Å². The fraction of sp³-hybridized carbons (Fsp3) is 0.318. The maximum Gasteiger partial charge on any atom is 0.221 e. The lowest BCUT2D eigenvalue weighted by Gasteiger charge is -2.08. The van der Waals surface area contributed by atoms with E-state index in [0.29, 0.717) is 32.7 Å². The first-order chi connectivity index (χ1) is 13.8. The van der Waals surface area contributed by atoms with E-state index in [0.717, 1.165) is 39.5 Å². The van der Waals surface area contributed by atoms with Gasteiger partial charge in [-0.25, -0.2) is 9.97 Å². The molecule has 0 radical (unpaired) electrons. The number of para-hydroxylation sites is 3. The van der Waals surface area contributed by atoms with Crippen molar-refractivity contribution >= 4 is 39.0 Å². The minimum atomic E-state index is 0.0381. The molecule has 2 aromatic heterocycles. The van der Waals surface area contributed by atoms with Crippen molar-refractivity contribution in [2.75, 3.05) is 19.8 Å². The Morgan fingerprint density at radius 3 is 2.64 bits per heavy atom. The maximum absolute atomic E-state index is 12.3. The highest BCUT2D eigenvalue weighted by Crippen LogP contribution is 2.28. The Morgan fingerprint density at radius 2 is 1.82 bits per heavy atom. The maximum atomic E-state index is 12.3. The summed E-state index contributed by atoms with van der Waals surface area (Å²) >= 11 is 0. The average molecular weight is 376 g/mol. The van der Waals surface area contributed by atoms with Crippen LogP contribution < -0.4 is 5.32 Å². The third-order valence-electron chi connectivity index (χ3n) is 4.81. The van der Waals surface area contributed by atoms with E-state index in [9.17, 15) is 4.79 Å². The third kappa shape index (κ3) is 3.68. The van der Waals surface area contributed by atoms with Gasteiger partial charge >= 0.3 is 0 Å². The molecule has 0 bridgehead atoms. The first-order valence-electron chi connectivity index (χ1n) is 9.76. The van der Waals surface area contributed by atoms with Crippen LogP contribution in [-0.2, 0) is 16.1 Å². The van der Waals surface area contributed by atoms with Gasteiger partial charge < -0.3 is 14.6 Å². The summed E-state index contributed by atoms with van der Waals surface area (Å²) in [6.07, 6.45) is 1.23. The standard InChI is InChI=1S/C22H24N4O2/c1-2-28-15-7-13-23-20(27)12-14-26-19-11-6-3-8-16(19)21-22(26)25-18-10-5-4-9-17(18)24-21/h3-6,8-11H,2,7,12-15H2,1H3,(H,23,27). The van der Waals surface area contributed by atoms with Crippen molar-refractivity contribution < 1.29 is 9.53 Å². The number of hydrogen-bond donors (Lipinski definition) is 1. The molecule has 1 N–H and O–H groups in total. The Hall–Kier alpha value is -2.99. The van der Waals surface area contributed by atoms with Gasteiger partial charge in [0.1, 0.15) is 5.52 Å². The predicted octanol–water partition coefficient (Wildman–Crippen LogP) is 3.67. The zero-order chi connectivity index (χ0) is 19.3. The summed E-state index contributed by atoms with van der Waals surface area (Å²) in [6, 6.07) is 16.0. The first kappa shape index (κ1) is 18.4. The average Bonchev–Trinajstić information content (AvgIpc) is 3.03. The quantitative estimate of drug-likeness (QED) is 0.477. The lowest BCUT2D eigenvalue weighted by molar-refractivity contribution is -0.121. The topological polar surface area (TPSA) is 69.0 Å². The van der Waals surface area contributed by atoms with Crippen molar-refractivity contribution in [2.45, 2.75) is 26.3 Å². The lowest BCUT2D eigenvalue weighted by atomic mass is 10.2. The number of rotatable bonds is 8. The van der Waals surface area contributed by atoms with Crippen LogP contribution in [-0.4, -0.2) is 40.2 Å². The van der Waals surface area contributed by atoms with Gasteiger partial charge in [0.05, 0.1) is 16.6 Å². The molecule has 4 aromatic rings. The highest BCUT2D eigenvalue weighted by molar-refractivity contribution is 6.06. The summed E-state index contributed by atoms with van der Waals surface area (Å²) < 4.78 is 7.40. The Labute approximate surface area is 163 Å². The largest absolute Gasteiger partial charge is 0.382 e. The molecular weight excluding hydrogens is 352 g/mol. The fourth-order valence-electron chi connectivity index (χ4n) is 3.46. The molecular formula is C22H24N4O2. The number of hydrogen-bond acceptors (Lipinski definition) is 4. The van der Waals surface area contributed by atoms with E-state index in [4.69, 9.17) is 14.7 Å². The van der Waals surface area contributed by atoms with Gasteiger partial charge in [-0.1, -0.05) is 30.3 Å². The molecule has 144 valence electrons. The number of amides is 1. The Balaban J connectivity index is 1.59. The Bertz CT molecular complexity index is 1120. The Morgan fingerprint density at radius 1 is 1.07 bits per heavy atom. The zero-order valence-corrected chi connectivity index (χ0v) is 16.0. The molecule has 0 fully saturated rings. The summed E-state index contributed by atoms with van der Waals surface area (Å²) in [5.74, 6) is 0.0381. The van der Waals surface area contributed by atoms with Crippen LogP contribution in [0.5, 0.6) is 0 Å². The van der Waals surface area contributed by atoms with Crippen LogP contribution in [0, 0.1) is 0 Å². The molecule has 2 heterocycles. The van der Waals surface area contributed by atoms with Crippen molar-refractivity contribution in [1.29, 1.82) is 0 Å². The van der Waals surface area contributed by atoms with Gasteiger partial charge in [-0.3, -0.25) is 4.79 Å². The van der Waals surface area contributed by atoms with Crippen LogP contribution >= 0.6 is 0 Å². The number of fused-ring (bicyclic) bond motifs is 4. The van der Waals surface area contributed by atoms with Crippen molar-refractivity contribution in [3.63, 3.8) is 0 Å². The van der Waals surface area contributed by atoms with Crippen LogP contribution in [0.4, 0.5) is 0 Å². The second kappa shape index (κ2) is 8.35. The fourth-order valence-corrected chi connectivity index (χ4v) is 3.46. The summed E-state index contributed by atoms with van der Waals surface area (Å²) in [6.45, 7) is 4.55. The molecule has 0 spiro atoms. The summed E-state index contributed by atoms with van der Waals surface area (Å²) in [7, 11) is 0. The smallest absolute Gasteiger partial charge is 0.221 e. The molecule has 6 heteroatoms. The number of ether oxygens (including phenoxy) is 1. The molecule has 0 unspecified atom stereocenters. The molecule has 0 saturated heterocycles. The van der Waals surface area contributed by atoms with E-state index in [1.807, 2.05) is 43.3 Å². The summed E-state index contributed by atoms with van der Waals surface area (Å²) in [4.78, 5) is 21.9. The summed E-state index contributed by atoms with van der Waals surface area (Å²) in [5.41, 5.74) is 4.50. The molecule has 0 aliphatic carbocycles. The number of nitrogens with zero attached hydrogens (tertiary/aromatic N) is 3. The van der Waals surface area contributed by atoms with Crippen LogP contribution in [0.15, 0.2) is 48.5 Å². The van der Waals surface area contributed by atoms with E-state index in [-0.39, 0.29) is 5.91 Å². The van der Waals surface area contributed by atoms with E-state index in [2.05, 4.69) is 22.0 Å². The van der Waals surface area contributed by atoms with Gasteiger partial charge in [0.25, 0.3) is 0 Å². The first-order valence-corrected chi connectivity index (χ1v) is 9.76. The SMILES string of the molecule is CCOCCCNC(=O)CCn1c2ccccc2c2nc3ccccc3nc21. The zero-order valence-electron chi connectivity index (χ0n) is 16.0. The number of aryl methyl sites for hydroxylation is 1. The van der Waals surface area contributed by atoms with Crippen molar-refractivity contribution in [3.8, 4) is 0 Å². The molecule has 28 heavy (non-hydrogen) atoms. The Kier molecular flexibility index (Phi) is 5.48. The van der Waals surface area contributed by atoms with Crippen molar-refractivity contribution in [3.05, 3.63) is 48.5 Å². The third-order valence-corrected chi connectivity index (χ3v) is 4.81. The molecule has 0 atom stereocenters. The molecule has 0 aliphatic rings. The number of aromatic nitrogens is 3. The molecule has 1 amide bonds. The second-order valence-corrected chi connectivity index (χ2v) is 6.70. The van der Waals surface area contributed by atoms with Crippen LogP contribution in [0.1, 0.15) is 19.8 Å². The van der Waals surface area contributed by atoms with Crippen LogP contribution in [0.2, 0.25) is 0 Å². The van der Waals surface area contributed by atoms with E-state index in [1.165, 1.54) is 0 Å². The van der Waals surface area contributed by atoms with Gasteiger partial charge in [0.2, 0.25) is 5.91 Å². The molecule has 0 aliphatic heterocycles. The van der Waals surface area contributed by atoms with Crippen LogP contribution in [0.25, 0.3) is 33.1 Å². The van der Waals surface area contributed by atoms with Crippen molar-refractivity contribution in [1.82, 2.24) is 19.9 Å². The lowest BCUT2D eigenvalue weighted by Crippen LogP contribution is -2.26. The molecule has 4 rings (SSSR count). The number of carbonyl (C=O) groups is 1. The highest BCUT2D eigenvalue weighted by Gasteiger charge is 2.14. The minimum Gasteiger partial charge on any atom is -0.382 e. The summed E-state index contributed by atoms with van der Waals surface area (Å²) in [5, 5.41) is 4.02. The number of nitrogens with one attached hydrogen (secondary N) is 1. The minimum absolute atomic E-state index is 0.0381. The van der Waals surface area contributed by atoms with Gasteiger partial charge in [0.15, 0.2) is 5.65 Å². The van der Waals surface area contributed by atoms with Gasteiger partial charge in [-0.2, -0.15) is 0 Å². The van der Waals surface area contributed by atoms with Crippen molar-refractivity contribution in [2.24, 2.45) is 0 Å². The normalized spacial score (nSPS) is 11.5. The molecule has 6 nitrogen and oxygen atoms in total. The van der Waals surface area contributed by atoms with E-state index >= 15 is 0 Å². The van der Waals surface area contributed by atoms with Gasteiger partial charge in [0, 0.05) is 38.1 Å². The predicted molar refractivity (Wildman–Crippen MR) is 111 cm³/mol. The van der Waals surface area contributed by atoms with Crippen LogP contribution in [0.3, 0.4) is 0 Å². The second-order valence-electron chi connectivity index (χ2n) is 6.70. The number of carbonyl (C=O) groups excluding carboxylic acids is 1. The molecule has 0 saturated carbocycles. The highest BCUT2D eigenvalue weighted by atomic mass is 16.5.